The molecule has 0 bridgehead atoms. The first-order chi connectivity index (χ1) is 15.1. The molecule has 0 aliphatic rings. The molecule has 1 heterocycles. The third kappa shape index (κ3) is 5.22. The molecule has 31 heavy (non-hydrogen) atoms. The van der Waals surface area contributed by atoms with E-state index in [1.807, 2.05) is 72.8 Å². The molecule has 5 nitrogen and oxygen atoms in total. The molecular weight excluding hydrogens is 406 g/mol. The number of nitrogens with one attached hydrogen (secondary N) is 1. The Morgan fingerprint density at radius 1 is 1.00 bits per heavy atom. The van der Waals surface area contributed by atoms with E-state index in [4.69, 9.17) is 14.7 Å². The summed E-state index contributed by atoms with van der Waals surface area (Å²) in [5, 5.41) is 4.71. The summed E-state index contributed by atoms with van der Waals surface area (Å²) in [5.41, 5.74) is 4.01. The number of thioether (sulfide) groups is 1. The Balaban J connectivity index is 1.49. The minimum atomic E-state index is -0.0487. The smallest absolute Gasteiger partial charge is 0.230 e. The van der Waals surface area contributed by atoms with Crippen LogP contribution >= 0.6 is 11.8 Å². The molecule has 0 atom stereocenters. The average Bonchev–Trinajstić information content (AvgIpc) is 2.81. The number of methoxy groups -OCH3 is 1. The summed E-state index contributed by atoms with van der Waals surface area (Å²) in [6.45, 7) is 2.51. The van der Waals surface area contributed by atoms with Crippen molar-refractivity contribution in [3.05, 3.63) is 83.9 Å². The zero-order chi connectivity index (χ0) is 21.6. The fraction of sp³-hybridized carbons (Fsp3) is 0.160. The lowest BCUT2D eigenvalue weighted by molar-refractivity contribution is -0.118. The molecule has 0 fully saturated rings. The van der Waals surface area contributed by atoms with Crippen molar-refractivity contribution in [3.63, 3.8) is 0 Å². The van der Waals surface area contributed by atoms with Crippen LogP contribution in [0.2, 0.25) is 0 Å². The van der Waals surface area contributed by atoms with Gasteiger partial charge in [0, 0.05) is 17.5 Å². The Kier molecular flexibility index (Phi) is 6.48. The van der Waals surface area contributed by atoms with Gasteiger partial charge < -0.3 is 10.1 Å². The summed E-state index contributed by atoms with van der Waals surface area (Å²) in [7, 11) is 1.63. The van der Waals surface area contributed by atoms with E-state index in [-0.39, 0.29) is 11.7 Å². The second-order valence-corrected chi connectivity index (χ2v) is 8.12. The normalized spacial score (nSPS) is 10.8. The quantitative estimate of drug-likeness (QED) is 0.330. The number of benzene rings is 3. The molecule has 0 aliphatic heterocycles. The third-order valence-electron chi connectivity index (χ3n) is 4.84. The van der Waals surface area contributed by atoms with Gasteiger partial charge >= 0.3 is 0 Å². The van der Waals surface area contributed by atoms with E-state index in [0.717, 1.165) is 32.8 Å². The summed E-state index contributed by atoms with van der Waals surface area (Å²) in [4.78, 5) is 22.0. The molecule has 0 saturated heterocycles. The highest BCUT2D eigenvalue weighted by Gasteiger charge is 2.12. The molecule has 4 rings (SSSR count). The van der Waals surface area contributed by atoms with Crippen molar-refractivity contribution < 1.29 is 9.53 Å². The number of fused-ring (bicyclic) bond motifs is 1. The summed E-state index contributed by atoms with van der Waals surface area (Å²) >= 11 is 1.42. The van der Waals surface area contributed by atoms with Crippen molar-refractivity contribution >= 4 is 28.6 Å². The highest BCUT2D eigenvalue weighted by molar-refractivity contribution is 8.00. The molecule has 0 aliphatic carbocycles. The van der Waals surface area contributed by atoms with Crippen LogP contribution in [0.3, 0.4) is 0 Å². The number of aromatic nitrogens is 2. The predicted molar refractivity (Wildman–Crippen MR) is 125 cm³/mol. The number of nitrogens with zero attached hydrogens (tertiary/aromatic N) is 2. The number of para-hydroxylation sites is 1. The van der Waals surface area contributed by atoms with E-state index in [1.54, 1.807) is 7.11 Å². The first kappa shape index (κ1) is 20.9. The van der Waals surface area contributed by atoms with Crippen molar-refractivity contribution in [2.24, 2.45) is 0 Å². The molecule has 0 unspecified atom stereocenters. The van der Waals surface area contributed by atoms with Crippen LogP contribution in [0.25, 0.3) is 22.3 Å². The molecule has 1 aromatic heterocycles. The Morgan fingerprint density at radius 2 is 1.81 bits per heavy atom. The van der Waals surface area contributed by atoms with Gasteiger partial charge in [0.25, 0.3) is 0 Å². The van der Waals surface area contributed by atoms with Crippen LogP contribution in [-0.4, -0.2) is 28.7 Å². The zero-order valence-corrected chi connectivity index (χ0v) is 18.3. The summed E-state index contributed by atoms with van der Waals surface area (Å²) in [6.07, 6.45) is 0. The van der Waals surface area contributed by atoms with Gasteiger partial charge in [-0.3, -0.25) is 4.79 Å². The fourth-order valence-corrected chi connectivity index (χ4v) is 4.01. The summed E-state index contributed by atoms with van der Waals surface area (Å²) < 4.78 is 5.23. The minimum Gasteiger partial charge on any atom is -0.497 e. The highest BCUT2D eigenvalue weighted by atomic mass is 32.2. The van der Waals surface area contributed by atoms with Crippen LogP contribution < -0.4 is 10.1 Å². The largest absolute Gasteiger partial charge is 0.497 e. The SMILES string of the molecule is COc1cccc(CNC(=O)CSc2nc(-c3ccc(C)cc3)nc3ccccc23)c1. The van der Waals surface area contributed by atoms with Gasteiger partial charge in [0.15, 0.2) is 5.82 Å². The van der Waals surface area contributed by atoms with E-state index in [2.05, 4.69) is 12.2 Å². The van der Waals surface area contributed by atoms with E-state index in [1.165, 1.54) is 17.3 Å². The van der Waals surface area contributed by atoms with Gasteiger partial charge in [0.05, 0.1) is 18.4 Å². The molecule has 0 saturated carbocycles. The Bertz CT molecular complexity index is 1210. The van der Waals surface area contributed by atoms with E-state index in [0.29, 0.717) is 12.4 Å². The van der Waals surface area contributed by atoms with Gasteiger partial charge in [-0.05, 0) is 30.7 Å². The molecular formula is C25H23N3O2S. The lowest BCUT2D eigenvalue weighted by Gasteiger charge is -2.10. The Hall–Kier alpha value is -3.38. The monoisotopic (exact) mass is 429 g/mol. The number of hydrogen-bond acceptors (Lipinski definition) is 5. The third-order valence-corrected chi connectivity index (χ3v) is 5.83. The van der Waals surface area contributed by atoms with Crippen LogP contribution in [0.1, 0.15) is 11.1 Å². The molecule has 156 valence electrons. The van der Waals surface area contributed by atoms with Crippen LogP contribution in [0.4, 0.5) is 0 Å². The fourth-order valence-electron chi connectivity index (χ4n) is 3.16. The van der Waals surface area contributed by atoms with Gasteiger partial charge in [-0.15, -0.1) is 0 Å². The number of amides is 1. The standard InChI is InChI=1S/C25H23N3O2S/c1-17-10-12-19(13-11-17)24-27-22-9-4-3-8-21(22)25(28-24)31-16-23(29)26-15-18-6-5-7-20(14-18)30-2/h3-14H,15-16H2,1-2H3,(H,26,29). The van der Waals surface area contributed by atoms with Crippen molar-refractivity contribution in [1.29, 1.82) is 0 Å². The topological polar surface area (TPSA) is 64.1 Å². The zero-order valence-electron chi connectivity index (χ0n) is 17.5. The predicted octanol–water partition coefficient (Wildman–Crippen LogP) is 5.02. The second-order valence-electron chi connectivity index (χ2n) is 7.15. The highest BCUT2D eigenvalue weighted by Crippen LogP contribution is 2.28. The van der Waals surface area contributed by atoms with Crippen LogP contribution in [0.15, 0.2) is 77.8 Å². The van der Waals surface area contributed by atoms with Crippen LogP contribution in [-0.2, 0) is 11.3 Å². The van der Waals surface area contributed by atoms with Crippen molar-refractivity contribution in [3.8, 4) is 17.1 Å². The number of carbonyl (C=O) groups is 1. The van der Waals surface area contributed by atoms with Gasteiger partial charge in [-0.2, -0.15) is 0 Å². The molecule has 3 aromatic carbocycles. The van der Waals surface area contributed by atoms with Crippen molar-refractivity contribution in [2.45, 2.75) is 18.5 Å². The van der Waals surface area contributed by atoms with E-state index < -0.39 is 0 Å². The van der Waals surface area contributed by atoms with Gasteiger partial charge in [-0.1, -0.05) is 71.9 Å². The molecule has 1 amide bonds. The van der Waals surface area contributed by atoms with E-state index >= 15 is 0 Å². The Morgan fingerprint density at radius 3 is 2.61 bits per heavy atom. The second kappa shape index (κ2) is 9.62. The molecule has 1 N–H and O–H groups in total. The number of carbonyl (C=O) groups excluding carboxylic acids is 1. The summed E-state index contributed by atoms with van der Waals surface area (Å²) in [5.74, 6) is 1.67. The summed E-state index contributed by atoms with van der Waals surface area (Å²) in [6, 6.07) is 23.7. The van der Waals surface area contributed by atoms with E-state index in [9.17, 15) is 4.79 Å². The Labute approximate surface area is 185 Å². The maximum Gasteiger partial charge on any atom is 0.230 e. The average molecular weight is 430 g/mol. The maximum atomic E-state index is 12.5. The first-order valence-electron chi connectivity index (χ1n) is 9.98. The maximum absolute atomic E-state index is 12.5. The number of ether oxygens (including phenoxy) is 1. The van der Waals surface area contributed by atoms with Crippen LogP contribution in [0.5, 0.6) is 5.75 Å². The van der Waals surface area contributed by atoms with Gasteiger partial charge in [0.1, 0.15) is 10.8 Å². The molecule has 6 heteroatoms. The van der Waals surface area contributed by atoms with Crippen LogP contribution in [0, 0.1) is 6.92 Å². The van der Waals surface area contributed by atoms with Gasteiger partial charge in [-0.25, -0.2) is 9.97 Å². The van der Waals surface area contributed by atoms with Gasteiger partial charge in [0.2, 0.25) is 5.91 Å². The molecule has 0 radical (unpaired) electrons. The molecule has 0 spiro atoms. The lowest BCUT2D eigenvalue weighted by Crippen LogP contribution is -2.24. The number of rotatable bonds is 7. The lowest BCUT2D eigenvalue weighted by atomic mass is 10.1. The number of aryl methyl sites for hydroxylation is 1. The minimum absolute atomic E-state index is 0.0487. The first-order valence-corrected chi connectivity index (χ1v) is 11.0. The molecule has 4 aromatic rings. The number of hydrogen-bond donors (Lipinski definition) is 1. The van der Waals surface area contributed by atoms with Crippen molar-refractivity contribution in [1.82, 2.24) is 15.3 Å². The van der Waals surface area contributed by atoms with Crippen molar-refractivity contribution in [2.75, 3.05) is 12.9 Å².